The van der Waals surface area contributed by atoms with Crippen molar-refractivity contribution in [3.8, 4) is 0 Å². The first-order valence-corrected chi connectivity index (χ1v) is 3.85. The second-order valence-electron chi connectivity index (χ2n) is 2.86. The monoisotopic (exact) mass is 148 g/mol. The van der Waals surface area contributed by atoms with Gasteiger partial charge in [0.2, 0.25) is 0 Å². The Morgan fingerprint density at radius 1 is 1.27 bits per heavy atom. The van der Waals surface area contributed by atoms with Gasteiger partial charge in [-0.25, -0.2) is 0 Å². The van der Waals surface area contributed by atoms with E-state index >= 15 is 0 Å². The molecule has 0 aliphatic rings. The second kappa shape index (κ2) is 3.54. The lowest BCUT2D eigenvalue weighted by atomic mass is 9.95. The van der Waals surface area contributed by atoms with Crippen LogP contribution in [0.5, 0.6) is 0 Å². The van der Waals surface area contributed by atoms with Crippen molar-refractivity contribution in [1.29, 1.82) is 0 Å². The minimum atomic E-state index is -0.0163. The van der Waals surface area contributed by atoms with E-state index in [0.29, 0.717) is 5.92 Å². The molecule has 1 aromatic rings. The molecule has 0 fully saturated rings. The summed E-state index contributed by atoms with van der Waals surface area (Å²) in [6.07, 6.45) is 0. The molecule has 11 heavy (non-hydrogen) atoms. The third-order valence-corrected chi connectivity index (χ3v) is 1.97. The van der Waals surface area contributed by atoms with Crippen LogP contribution in [0.15, 0.2) is 30.3 Å². The summed E-state index contributed by atoms with van der Waals surface area (Å²) in [6.45, 7) is 5.88. The summed E-state index contributed by atoms with van der Waals surface area (Å²) in [6, 6.07) is 10.2. The van der Waals surface area contributed by atoms with E-state index in [1.54, 1.807) is 0 Å². The Bertz CT molecular complexity index is 203. The van der Waals surface area contributed by atoms with E-state index in [4.69, 9.17) is 5.73 Å². The Hall–Kier alpha value is -0.820. The highest BCUT2D eigenvalue weighted by atomic mass is 14.6. The fourth-order valence-electron chi connectivity index (χ4n) is 1.00. The Morgan fingerprint density at radius 3 is 2.27 bits per heavy atom. The first kappa shape index (κ1) is 8.28. The molecule has 0 spiro atoms. The molecule has 1 heteroatoms. The fourth-order valence-corrected chi connectivity index (χ4v) is 1.00. The largest absolute Gasteiger partial charge is 0.327 e. The van der Waals surface area contributed by atoms with Gasteiger partial charge in [0.1, 0.15) is 0 Å². The van der Waals surface area contributed by atoms with E-state index in [-0.39, 0.29) is 6.04 Å². The zero-order valence-electron chi connectivity index (χ0n) is 6.83. The zero-order valence-corrected chi connectivity index (χ0v) is 6.83. The molecular weight excluding hydrogens is 134 g/mol. The summed E-state index contributed by atoms with van der Waals surface area (Å²) in [5, 5.41) is 0. The molecule has 1 aromatic carbocycles. The van der Waals surface area contributed by atoms with Crippen molar-refractivity contribution >= 4 is 0 Å². The Kier molecular flexibility index (Phi) is 2.66. The topological polar surface area (TPSA) is 26.0 Å². The number of hydrogen-bond acceptors (Lipinski definition) is 1. The van der Waals surface area contributed by atoms with Crippen LogP contribution < -0.4 is 5.73 Å². The molecule has 1 rings (SSSR count). The van der Waals surface area contributed by atoms with Crippen molar-refractivity contribution in [2.75, 3.05) is 0 Å². The SMILES string of the molecule is [CH2]C(N)C(C)c1ccccc1. The van der Waals surface area contributed by atoms with Crippen molar-refractivity contribution in [2.24, 2.45) is 5.73 Å². The smallest absolute Gasteiger partial charge is 0.0106 e. The Balaban J connectivity index is 2.77. The van der Waals surface area contributed by atoms with E-state index in [2.05, 4.69) is 26.0 Å². The highest BCUT2D eigenvalue weighted by Gasteiger charge is 2.08. The van der Waals surface area contributed by atoms with Crippen LogP contribution in [0, 0.1) is 6.92 Å². The molecule has 0 saturated heterocycles. The normalized spacial score (nSPS) is 15.9. The van der Waals surface area contributed by atoms with Gasteiger partial charge in [-0.2, -0.15) is 0 Å². The van der Waals surface area contributed by atoms with Gasteiger partial charge in [-0.15, -0.1) is 0 Å². The first-order valence-electron chi connectivity index (χ1n) is 3.85. The third-order valence-electron chi connectivity index (χ3n) is 1.97. The lowest BCUT2D eigenvalue weighted by molar-refractivity contribution is 0.661. The summed E-state index contributed by atoms with van der Waals surface area (Å²) in [4.78, 5) is 0. The average molecular weight is 148 g/mol. The van der Waals surface area contributed by atoms with Crippen molar-refractivity contribution in [3.05, 3.63) is 42.8 Å². The van der Waals surface area contributed by atoms with Gasteiger partial charge in [-0.1, -0.05) is 37.3 Å². The van der Waals surface area contributed by atoms with Gasteiger partial charge in [0.05, 0.1) is 0 Å². The number of rotatable bonds is 2. The van der Waals surface area contributed by atoms with Crippen LogP contribution in [0.1, 0.15) is 18.4 Å². The molecule has 0 bridgehead atoms. The van der Waals surface area contributed by atoms with Crippen LogP contribution in [0.3, 0.4) is 0 Å². The molecule has 0 aromatic heterocycles. The molecule has 1 radical (unpaired) electrons. The molecule has 1 nitrogen and oxygen atoms in total. The van der Waals surface area contributed by atoms with Crippen molar-refractivity contribution < 1.29 is 0 Å². The lowest BCUT2D eigenvalue weighted by Gasteiger charge is -2.14. The van der Waals surface area contributed by atoms with Crippen LogP contribution in [0.25, 0.3) is 0 Å². The Labute approximate surface area is 68.2 Å². The molecule has 2 atom stereocenters. The lowest BCUT2D eigenvalue weighted by Crippen LogP contribution is -2.22. The first-order chi connectivity index (χ1) is 5.22. The van der Waals surface area contributed by atoms with E-state index in [1.807, 2.05) is 18.2 Å². The highest BCUT2D eigenvalue weighted by Crippen LogP contribution is 2.16. The summed E-state index contributed by atoms with van der Waals surface area (Å²) < 4.78 is 0. The van der Waals surface area contributed by atoms with Crippen LogP contribution in [-0.2, 0) is 0 Å². The van der Waals surface area contributed by atoms with E-state index in [9.17, 15) is 0 Å². The van der Waals surface area contributed by atoms with E-state index in [1.165, 1.54) is 5.56 Å². The minimum absolute atomic E-state index is 0.0163. The van der Waals surface area contributed by atoms with Gasteiger partial charge in [-0.3, -0.25) is 0 Å². The Morgan fingerprint density at radius 2 is 1.82 bits per heavy atom. The predicted octanol–water partition coefficient (Wildman–Crippen LogP) is 1.95. The standard InChI is InChI=1S/C10H14N/c1-8(9(2)11)10-6-4-3-5-7-10/h3-9H,2,11H2,1H3. The summed E-state index contributed by atoms with van der Waals surface area (Å²) in [5.74, 6) is 0.344. The van der Waals surface area contributed by atoms with Crippen LogP contribution in [-0.4, -0.2) is 6.04 Å². The molecular formula is C10H14N. The molecule has 2 N–H and O–H groups in total. The van der Waals surface area contributed by atoms with Crippen LogP contribution >= 0.6 is 0 Å². The van der Waals surface area contributed by atoms with Gasteiger partial charge in [-0.05, 0) is 18.4 Å². The molecule has 2 unspecified atom stereocenters. The average Bonchev–Trinajstić information content (AvgIpc) is 2.05. The fraction of sp³-hybridized carbons (Fsp3) is 0.300. The van der Waals surface area contributed by atoms with Crippen molar-refractivity contribution in [1.82, 2.24) is 0 Å². The molecule has 59 valence electrons. The third kappa shape index (κ3) is 2.05. The summed E-state index contributed by atoms with van der Waals surface area (Å²) in [7, 11) is 0. The zero-order chi connectivity index (χ0) is 8.27. The van der Waals surface area contributed by atoms with Gasteiger partial charge >= 0.3 is 0 Å². The number of hydrogen-bond donors (Lipinski definition) is 1. The quantitative estimate of drug-likeness (QED) is 0.681. The van der Waals surface area contributed by atoms with E-state index in [0.717, 1.165) is 0 Å². The second-order valence-corrected chi connectivity index (χ2v) is 2.86. The van der Waals surface area contributed by atoms with Crippen LogP contribution in [0.4, 0.5) is 0 Å². The van der Waals surface area contributed by atoms with Crippen molar-refractivity contribution in [2.45, 2.75) is 18.9 Å². The summed E-state index contributed by atoms with van der Waals surface area (Å²) >= 11 is 0. The van der Waals surface area contributed by atoms with Gasteiger partial charge in [0, 0.05) is 6.04 Å². The predicted molar refractivity (Wildman–Crippen MR) is 48.2 cm³/mol. The number of benzene rings is 1. The summed E-state index contributed by atoms with van der Waals surface area (Å²) in [5.41, 5.74) is 6.92. The van der Waals surface area contributed by atoms with Gasteiger partial charge in [0.15, 0.2) is 0 Å². The van der Waals surface area contributed by atoms with Gasteiger partial charge in [0.25, 0.3) is 0 Å². The van der Waals surface area contributed by atoms with Crippen molar-refractivity contribution in [3.63, 3.8) is 0 Å². The maximum absolute atomic E-state index is 5.66. The molecule has 0 amide bonds. The highest BCUT2D eigenvalue weighted by molar-refractivity contribution is 5.20. The number of nitrogens with two attached hydrogens (primary N) is 1. The minimum Gasteiger partial charge on any atom is -0.327 e. The van der Waals surface area contributed by atoms with Crippen LogP contribution in [0.2, 0.25) is 0 Å². The van der Waals surface area contributed by atoms with E-state index < -0.39 is 0 Å². The maximum atomic E-state index is 5.66. The molecule has 0 aliphatic carbocycles. The maximum Gasteiger partial charge on any atom is 0.0106 e. The molecule has 0 saturated carbocycles. The van der Waals surface area contributed by atoms with Gasteiger partial charge < -0.3 is 5.73 Å². The molecule has 0 heterocycles. The molecule has 0 aliphatic heterocycles.